The fourth-order valence-corrected chi connectivity index (χ4v) is 5.26. The molecule has 0 bridgehead atoms. The van der Waals surface area contributed by atoms with Crippen LogP contribution in [0.3, 0.4) is 0 Å². The van der Waals surface area contributed by atoms with Crippen LogP contribution in [0, 0.1) is 6.92 Å². The summed E-state index contributed by atoms with van der Waals surface area (Å²) in [5.74, 6) is 2.12. The first-order valence-electron chi connectivity index (χ1n) is 15.0. The van der Waals surface area contributed by atoms with E-state index in [-0.39, 0.29) is 0 Å². The van der Waals surface area contributed by atoms with Gasteiger partial charge in [-0.1, -0.05) is 42.5 Å². The number of rotatable bonds is 6. The zero-order chi connectivity index (χ0) is 28.3. The zero-order valence-corrected chi connectivity index (χ0v) is 25.4. The number of alkyl halides is 1. The fourth-order valence-electron chi connectivity index (χ4n) is 5.26. The highest BCUT2D eigenvalue weighted by Crippen LogP contribution is 2.39. The lowest BCUT2D eigenvalue weighted by molar-refractivity contribution is 0.0315. The Hall–Kier alpha value is -2.02. The van der Waals surface area contributed by atoms with Crippen molar-refractivity contribution in [1.29, 1.82) is 0 Å². The number of ether oxygens (including phenoxy) is 1. The molecule has 5 nitrogen and oxygen atoms in total. The van der Waals surface area contributed by atoms with Gasteiger partial charge in [-0.2, -0.15) is 0 Å². The van der Waals surface area contributed by atoms with Crippen LogP contribution in [-0.2, 0) is 4.74 Å². The Kier molecular flexibility index (Phi) is 12.7. The Morgan fingerprint density at radius 3 is 2.05 bits per heavy atom. The molecule has 1 saturated carbocycles. The van der Waals surface area contributed by atoms with Gasteiger partial charge in [0, 0.05) is 59.4 Å². The molecule has 0 unspecified atom stereocenters. The van der Waals surface area contributed by atoms with Gasteiger partial charge in [0.25, 0.3) is 0 Å². The summed E-state index contributed by atoms with van der Waals surface area (Å²) in [6.07, 6.45) is 8.41. The minimum absolute atomic E-state index is 0.894. The highest BCUT2D eigenvalue weighted by molar-refractivity contribution is 5.99. The molecule has 0 spiro atoms. The largest absolute Gasteiger partial charge is 0.379 e. The molecule has 2 saturated heterocycles. The van der Waals surface area contributed by atoms with E-state index in [1.54, 1.807) is 0 Å². The van der Waals surface area contributed by atoms with Gasteiger partial charge in [0.05, 0.1) is 13.2 Å². The third kappa shape index (κ3) is 11.5. The molecule has 0 atom stereocenters. The molecule has 1 aromatic rings. The molecule has 2 heterocycles. The van der Waals surface area contributed by atoms with Crippen molar-refractivity contribution < 1.29 is 9.13 Å². The first kappa shape index (κ1) is 31.5. The summed E-state index contributed by atoms with van der Waals surface area (Å²) < 4.78 is 17.1. The van der Waals surface area contributed by atoms with Crippen LogP contribution in [-0.4, -0.2) is 98.8 Å². The van der Waals surface area contributed by atoms with Gasteiger partial charge in [-0.15, -0.1) is 0 Å². The van der Waals surface area contributed by atoms with Crippen LogP contribution >= 0.6 is 0 Å². The second-order valence-electron chi connectivity index (χ2n) is 12.1. The number of hydrogen-bond acceptors (Lipinski definition) is 4. The quantitative estimate of drug-likeness (QED) is 0.315. The van der Waals surface area contributed by atoms with E-state index in [0.29, 0.717) is 0 Å². The highest BCUT2D eigenvalue weighted by Gasteiger charge is 2.25. The molecule has 0 radical (unpaired) electrons. The van der Waals surface area contributed by atoms with Crippen molar-refractivity contribution >= 4 is 5.84 Å². The monoisotopic (exact) mass is 540 g/mol. The number of benzene rings is 1. The molecule has 218 valence electrons. The molecular formula is C33H53FN4O. The maximum absolute atomic E-state index is 11.7. The van der Waals surface area contributed by atoms with Gasteiger partial charge in [0.15, 0.2) is 0 Å². The van der Waals surface area contributed by atoms with Gasteiger partial charge < -0.3 is 9.64 Å². The summed E-state index contributed by atoms with van der Waals surface area (Å²) in [6, 6.07) is 8.92. The molecule has 2 aliphatic carbocycles. The maximum atomic E-state index is 11.7. The molecule has 39 heavy (non-hydrogen) atoms. The number of allylic oxidation sites excluding steroid dienone is 2. The molecule has 2 aliphatic heterocycles. The van der Waals surface area contributed by atoms with Crippen molar-refractivity contribution in [2.75, 3.05) is 72.6 Å². The van der Waals surface area contributed by atoms with Crippen molar-refractivity contribution in [2.45, 2.75) is 71.4 Å². The highest BCUT2D eigenvalue weighted by atomic mass is 19.1. The predicted molar refractivity (Wildman–Crippen MR) is 164 cm³/mol. The van der Waals surface area contributed by atoms with Crippen molar-refractivity contribution in [3.63, 3.8) is 0 Å². The smallest absolute Gasteiger partial charge is 0.126 e. The van der Waals surface area contributed by atoms with Crippen LogP contribution in [0.1, 0.15) is 69.9 Å². The average Bonchev–Trinajstić information content (AvgIpc) is 3.67. The van der Waals surface area contributed by atoms with E-state index in [0.717, 1.165) is 71.2 Å². The number of aliphatic imine (C=N–C) groups is 1. The van der Waals surface area contributed by atoms with Gasteiger partial charge in [-0.25, -0.2) is 4.39 Å². The molecule has 6 heteroatoms. The molecule has 0 aromatic heterocycles. The van der Waals surface area contributed by atoms with E-state index >= 15 is 0 Å². The average molecular weight is 541 g/mol. The zero-order valence-electron chi connectivity index (χ0n) is 25.4. The minimum Gasteiger partial charge on any atom is -0.379 e. The summed E-state index contributed by atoms with van der Waals surface area (Å²) >= 11 is 0. The van der Waals surface area contributed by atoms with Gasteiger partial charge in [0.1, 0.15) is 11.5 Å². The second-order valence-corrected chi connectivity index (χ2v) is 12.1. The van der Waals surface area contributed by atoms with Crippen LogP contribution < -0.4 is 0 Å². The summed E-state index contributed by atoms with van der Waals surface area (Å²) in [5, 5.41) is 0. The van der Waals surface area contributed by atoms with Crippen LogP contribution in [0.15, 0.2) is 53.1 Å². The number of piperazine rings is 1. The van der Waals surface area contributed by atoms with E-state index in [2.05, 4.69) is 57.5 Å². The van der Waals surface area contributed by atoms with Crippen LogP contribution in [0.25, 0.3) is 0 Å². The lowest BCUT2D eigenvalue weighted by atomic mass is 10.1. The molecular weight excluding hydrogens is 487 g/mol. The SMILES string of the molecule is C=CC1=C(C(=NC)N2CCN(CCN3CCOCC3)CC2)CCC1.CC(C)(C)F.Cc1ccc(C2CC2)cc1. The Bertz CT molecular complexity index is 925. The Labute approximate surface area is 237 Å². The van der Waals surface area contributed by atoms with E-state index in [1.807, 2.05) is 13.1 Å². The normalized spacial score (nSPS) is 21.2. The number of halogens is 1. The fraction of sp³-hybridized carbons (Fsp3) is 0.667. The molecule has 0 amide bonds. The van der Waals surface area contributed by atoms with Crippen LogP contribution in [0.4, 0.5) is 4.39 Å². The summed E-state index contributed by atoms with van der Waals surface area (Å²) in [6.45, 7) is 21.4. The maximum Gasteiger partial charge on any atom is 0.126 e. The number of aryl methyl sites for hydroxylation is 1. The van der Waals surface area contributed by atoms with Gasteiger partial charge in [-0.3, -0.25) is 14.8 Å². The van der Waals surface area contributed by atoms with Crippen molar-refractivity contribution in [2.24, 2.45) is 4.99 Å². The van der Waals surface area contributed by atoms with Gasteiger partial charge in [0.2, 0.25) is 0 Å². The van der Waals surface area contributed by atoms with E-state index in [4.69, 9.17) is 4.74 Å². The Morgan fingerprint density at radius 2 is 1.54 bits per heavy atom. The molecule has 3 fully saturated rings. The van der Waals surface area contributed by atoms with Gasteiger partial charge in [-0.05, 0) is 82.4 Å². The lowest BCUT2D eigenvalue weighted by Gasteiger charge is -2.38. The summed E-state index contributed by atoms with van der Waals surface area (Å²) in [5.41, 5.74) is 4.75. The summed E-state index contributed by atoms with van der Waals surface area (Å²) in [4.78, 5) is 12.2. The first-order chi connectivity index (χ1) is 18.7. The van der Waals surface area contributed by atoms with E-state index < -0.39 is 5.67 Å². The van der Waals surface area contributed by atoms with Crippen LogP contribution in [0.5, 0.6) is 0 Å². The van der Waals surface area contributed by atoms with Crippen molar-refractivity contribution in [3.05, 3.63) is 59.2 Å². The third-order valence-corrected chi connectivity index (χ3v) is 7.62. The minimum atomic E-state index is -1.00. The predicted octanol–water partition coefficient (Wildman–Crippen LogP) is 6.26. The number of amidine groups is 1. The number of morpholine rings is 1. The number of nitrogens with zero attached hydrogens (tertiary/aromatic N) is 4. The summed E-state index contributed by atoms with van der Waals surface area (Å²) in [7, 11) is 1.94. The van der Waals surface area contributed by atoms with Crippen molar-refractivity contribution in [1.82, 2.24) is 14.7 Å². The van der Waals surface area contributed by atoms with E-state index in [1.165, 1.54) is 81.2 Å². The molecule has 4 aliphatic rings. The Morgan fingerprint density at radius 1 is 0.974 bits per heavy atom. The Balaban J connectivity index is 0.000000229. The molecule has 0 N–H and O–H groups in total. The molecule has 5 rings (SSSR count). The topological polar surface area (TPSA) is 31.3 Å². The first-order valence-corrected chi connectivity index (χ1v) is 15.0. The van der Waals surface area contributed by atoms with Crippen molar-refractivity contribution in [3.8, 4) is 0 Å². The van der Waals surface area contributed by atoms with E-state index in [9.17, 15) is 4.39 Å². The molecule has 1 aromatic carbocycles. The third-order valence-electron chi connectivity index (χ3n) is 7.62. The second kappa shape index (κ2) is 15.7. The van der Waals surface area contributed by atoms with Crippen LogP contribution in [0.2, 0.25) is 0 Å². The number of hydrogen-bond donors (Lipinski definition) is 0. The van der Waals surface area contributed by atoms with Gasteiger partial charge >= 0.3 is 0 Å². The lowest BCUT2D eigenvalue weighted by Crippen LogP contribution is -2.51. The standard InChI is InChI=1S/C19H32N4O.C10H12.C4H9F/c1-3-17-5-4-6-18(17)19(20-2)23-11-9-21(10-12-23)7-8-22-13-15-24-16-14-22;1-8-2-4-9(5-3-8)10-6-7-10;1-4(2,3)5/h3H,1,4-16H2,2H3;2-5,10H,6-7H2,1H3;1-3H3.